The first-order valence-corrected chi connectivity index (χ1v) is 40.2. The third-order valence-corrected chi connectivity index (χ3v) is 21.2. The van der Waals surface area contributed by atoms with E-state index in [1.165, 1.54) is 13.8 Å². The Morgan fingerprint density at radius 1 is 0.505 bits per heavy atom. The molecule has 0 unspecified atom stereocenters. The number of amides is 8. The van der Waals surface area contributed by atoms with E-state index in [-0.39, 0.29) is 71.6 Å². The van der Waals surface area contributed by atoms with Crippen LogP contribution in [0, 0.1) is 5.92 Å². The fraction of sp³-hybridized carbons (Fsp3) is 0.646. The summed E-state index contributed by atoms with van der Waals surface area (Å²) in [7, 11) is 0. The number of fused-ring (bicyclic) bond motifs is 2. The van der Waals surface area contributed by atoms with Crippen molar-refractivity contribution >= 4 is 65.2 Å². The lowest BCUT2D eigenvalue weighted by atomic mass is 9.97. The molecule has 29 nitrogen and oxygen atoms in total. The van der Waals surface area contributed by atoms with Crippen molar-refractivity contribution in [2.45, 2.75) is 305 Å². The Morgan fingerprint density at radius 2 is 0.964 bits per heavy atom. The number of unbranched alkanes of at least 4 members (excludes halogenated alkanes) is 7. The van der Waals surface area contributed by atoms with E-state index in [0.29, 0.717) is 74.0 Å². The molecule has 3 saturated heterocycles. The van der Waals surface area contributed by atoms with Gasteiger partial charge in [-0.05, 0) is 133 Å². The standard InChI is InChI=1S/C82H119N9O20/c1-52(2)29-16-9-7-5-6-8-10-23-40-60-47-65(95)87-66(54(4)92)74(97)84-53(3)78(101)90-45-42-63(93)69(90)76(99)85-61(41-28-44-83)73(96)88-67(71(107-49-56-32-19-12-20-33-56)81(104)109-58-36-24-14-25-37-58)75(98)86-62(51-106-48-55-30-17-11-18-31-55)79(102)91-46-43-64(94)70(91)77(100)89-68(80(103)111-60)72(108-50-57-34-21-13-22-35-57)82(105)110-59-38-26-15-27-39-59/h11-13,17-22,30-35,52-54,58-64,66-72,92-94H,5-10,14-16,23-29,36-51,83H2,1-4H3,(H,84,97)(H,85,99)(H,86,98)(H,87,95)(H,88,96)(H,89,100)/t53-,54-,60-,61+,62-,63+,64+,66-,67-,68+,69+,70+,71-,72+/m1/s1. The van der Waals surface area contributed by atoms with Crippen LogP contribution in [0.4, 0.5) is 0 Å². The van der Waals surface area contributed by atoms with Gasteiger partial charge in [-0.2, -0.15) is 0 Å². The molecule has 0 radical (unpaired) electrons. The topological polar surface area (TPSA) is 409 Å². The van der Waals surface area contributed by atoms with Crippen LogP contribution < -0.4 is 37.6 Å². The Morgan fingerprint density at radius 3 is 1.48 bits per heavy atom. The maximum Gasteiger partial charge on any atom is 0.338 e. The Bertz CT molecular complexity index is 3460. The van der Waals surface area contributed by atoms with Crippen molar-refractivity contribution in [3.8, 4) is 0 Å². The Hall–Kier alpha value is -8.45. The molecule has 2 aliphatic carbocycles. The molecular formula is C82H119N9O20. The van der Waals surface area contributed by atoms with E-state index in [9.17, 15) is 34.5 Å². The molecule has 8 rings (SSSR count). The number of cyclic esters (lactones) is 1. The summed E-state index contributed by atoms with van der Waals surface area (Å²) in [5.74, 6) is -11.4. The summed E-state index contributed by atoms with van der Waals surface area (Å²) in [6.07, 6.45) is 1.86. The normalized spacial score (nSPS) is 25.8. The number of nitrogens with zero attached hydrogens (tertiary/aromatic N) is 2. The zero-order valence-electron chi connectivity index (χ0n) is 64.9. The van der Waals surface area contributed by atoms with Gasteiger partial charge in [0.15, 0.2) is 18.2 Å². The molecule has 0 spiro atoms. The number of hydrogen-bond donors (Lipinski definition) is 10. The average molecular weight is 1550 g/mol. The van der Waals surface area contributed by atoms with Crippen LogP contribution in [0.5, 0.6) is 0 Å². The molecule has 612 valence electrons. The molecule has 5 aliphatic rings. The zero-order valence-corrected chi connectivity index (χ0v) is 64.9. The molecule has 2 saturated carbocycles. The van der Waals surface area contributed by atoms with Crippen LogP contribution in [0.3, 0.4) is 0 Å². The summed E-state index contributed by atoms with van der Waals surface area (Å²) in [5, 5.41) is 50.5. The molecule has 3 heterocycles. The van der Waals surface area contributed by atoms with Crippen molar-refractivity contribution in [1.29, 1.82) is 0 Å². The summed E-state index contributed by atoms with van der Waals surface area (Å²) in [6.45, 7) is 4.79. The molecule has 3 aromatic rings. The number of carbonyl (C=O) groups is 11. The van der Waals surface area contributed by atoms with Gasteiger partial charge in [-0.15, -0.1) is 0 Å². The number of aliphatic hydroxyl groups excluding tert-OH is 3. The monoisotopic (exact) mass is 1550 g/mol. The summed E-state index contributed by atoms with van der Waals surface area (Å²) >= 11 is 0. The van der Waals surface area contributed by atoms with Crippen LogP contribution in [0.2, 0.25) is 0 Å². The Balaban J connectivity index is 1.24. The molecular weight excluding hydrogens is 1430 g/mol. The van der Waals surface area contributed by atoms with Gasteiger partial charge in [-0.25, -0.2) is 14.4 Å². The highest BCUT2D eigenvalue weighted by Crippen LogP contribution is 2.28. The van der Waals surface area contributed by atoms with Gasteiger partial charge in [0.05, 0.1) is 51.2 Å². The van der Waals surface area contributed by atoms with Crippen LogP contribution in [-0.2, 0) is 101 Å². The van der Waals surface area contributed by atoms with Crippen LogP contribution in [0.15, 0.2) is 91.0 Å². The lowest BCUT2D eigenvalue weighted by molar-refractivity contribution is -0.176. The number of hydrogen-bond acceptors (Lipinski definition) is 21. The first-order valence-electron chi connectivity index (χ1n) is 40.2. The average Bonchev–Trinajstić information content (AvgIpc) is 1.69. The quantitative estimate of drug-likeness (QED) is 0.0231. The van der Waals surface area contributed by atoms with Crippen LogP contribution in [0.1, 0.15) is 205 Å². The van der Waals surface area contributed by atoms with Gasteiger partial charge in [0.25, 0.3) is 0 Å². The molecule has 5 fully saturated rings. The summed E-state index contributed by atoms with van der Waals surface area (Å²) in [5.41, 5.74) is 7.72. The van der Waals surface area contributed by atoms with Crippen LogP contribution >= 0.6 is 0 Å². The highest BCUT2D eigenvalue weighted by molar-refractivity contribution is 6.00. The predicted octanol–water partition coefficient (Wildman–Crippen LogP) is 4.97. The largest absolute Gasteiger partial charge is 0.460 e. The number of aliphatic hydroxyl groups is 3. The Kier molecular flexibility index (Phi) is 36.4. The maximum absolute atomic E-state index is 15.9. The van der Waals surface area contributed by atoms with Crippen molar-refractivity contribution in [2.75, 3.05) is 26.2 Å². The van der Waals surface area contributed by atoms with Gasteiger partial charge in [0, 0.05) is 13.1 Å². The van der Waals surface area contributed by atoms with Crippen molar-refractivity contribution in [3.63, 3.8) is 0 Å². The van der Waals surface area contributed by atoms with E-state index in [0.717, 1.165) is 80.4 Å². The second kappa shape index (κ2) is 45.9. The van der Waals surface area contributed by atoms with E-state index in [1.807, 2.05) is 0 Å². The molecule has 14 atom stereocenters. The summed E-state index contributed by atoms with van der Waals surface area (Å²) in [4.78, 5) is 169. The molecule has 11 N–H and O–H groups in total. The van der Waals surface area contributed by atoms with E-state index < -0.39 is 175 Å². The highest BCUT2D eigenvalue weighted by atomic mass is 16.6. The van der Waals surface area contributed by atoms with Crippen molar-refractivity contribution < 1.29 is 96.5 Å². The second-order valence-corrected chi connectivity index (χ2v) is 30.6. The third kappa shape index (κ3) is 27.7. The summed E-state index contributed by atoms with van der Waals surface area (Å²) < 4.78 is 37.6. The number of ether oxygens (including phenoxy) is 6. The number of rotatable bonds is 31. The van der Waals surface area contributed by atoms with E-state index in [1.54, 1.807) is 91.0 Å². The van der Waals surface area contributed by atoms with Crippen molar-refractivity contribution in [2.24, 2.45) is 11.7 Å². The third-order valence-electron chi connectivity index (χ3n) is 21.2. The van der Waals surface area contributed by atoms with Gasteiger partial charge in [-0.3, -0.25) is 38.4 Å². The Labute approximate surface area is 651 Å². The van der Waals surface area contributed by atoms with Gasteiger partial charge >= 0.3 is 17.9 Å². The van der Waals surface area contributed by atoms with Crippen molar-refractivity contribution in [3.05, 3.63) is 108 Å². The fourth-order valence-corrected chi connectivity index (χ4v) is 14.9. The van der Waals surface area contributed by atoms with Crippen LogP contribution in [0.25, 0.3) is 0 Å². The smallest absolute Gasteiger partial charge is 0.338 e. The number of benzene rings is 3. The van der Waals surface area contributed by atoms with Gasteiger partial charge in [-0.1, -0.05) is 169 Å². The van der Waals surface area contributed by atoms with E-state index in [2.05, 4.69) is 45.7 Å². The first kappa shape index (κ1) is 88.1. The lowest BCUT2D eigenvalue weighted by Gasteiger charge is -2.34. The lowest BCUT2D eigenvalue weighted by Crippen LogP contribution is -2.65. The highest BCUT2D eigenvalue weighted by Gasteiger charge is 2.50. The molecule has 111 heavy (non-hydrogen) atoms. The zero-order chi connectivity index (χ0) is 79.8. The van der Waals surface area contributed by atoms with Gasteiger partial charge in [0.1, 0.15) is 60.6 Å². The molecule has 29 heteroatoms. The fourth-order valence-electron chi connectivity index (χ4n) is 14.9. The minimum absolute atomic E-state index is 0.0206. The number of nitrogens with one attached hydrogen (secondary N) is 6. The number of esters is 3. The minimum Gasteiger partial charge on any atom is -0.460 e. The molecule has 3 aliphatic heterocycles. The second-order valence-electron chi connectivity index (χ2n) is 30.6. The van der Waals surface area contributed by atoms with E-state index >= 15 is 33.6 Å². The molecule has 3 aromatic carbocycles. The maximum atomic E-state index is 15.9. The number of nitrogens with two attached hydrogens (primary N) is 1. The molecule has 0 bridgehead atoms. The predicted molar refractivity (Wildman–Crippen MR) is 407 cm³/mol. The minimum atomic E-state index is -2.16. The first-order chi connectivity index (χ1) is 53.5. The van der Waals surface area contributed by atoms with Gasteiger partial charge in [0.2, 0.25) is 47.3 Å². The SMILES string of the molecule is CC(C)CCCCCCCCCC[C@@H]1CC(=O)N[C@H]([C@@H](C)O)C(=O)N[C@H](C)C(=O)N2CC[C@H](O)[C@H]2C(=O)N[C@@H](CCCN)C(=O)N[C@H]([C@@H](OCc2ccccc2)C(=O)OC2CCCCC2)C(=O)N[C@H](COCc2ccccc2)C(=O)N2CC[C@H](O)[C@H]2C(=O)N[C@@H]([C@H](OCc2ccccc2)C(=O)OC2CCCCC2)C(=O)O1. The molecule has 8 amide bonds. The van der Waals surface area contributed by atoms with Gasteiger partial charge < -0.3 is 91.2 Å². The molecule has 0 aromatic heterocycles. The van der Waals surface area contributed by atoms with E-state index in [4.69, 9.17) is 34.2 Å². The number of carbonyl (C=O) groups excluding carboxylic acids is 11. The van der Waals surface area contributed by atoms with Crippen molar-refractivity contribution in [1.82, 2.24) is 41.7 Å². The summed E-state index contributed by atoms with van der Waals surface area (Å²) in [6, 6.07) is 11.3. The van der Waals surface area contributed by atoms with Crippen LogP contribution in [-0.4, -0.2) is 214 Å².